The molecule has 0 aliphatic rings. The lowest BCUT2D eigenvalue weighted by Gasteiger charge is -2.10. The van der Waals surface area contributed by atoms with Crippen molar-refractivity contribution in [1.29, 1.82) is 0 Å². The second-order valence-corrected chi connectivity index (χ2v) is 8.08. The highest BCUT2D eigenvalue weighted by molar-refractivity contribution is 7.85. The average molecular weight is 370 g/mol. The van der Waals surface area contributed by atoms with Crippen molar-refractivity contribution >= 4 is 39.4 Å². The predicted octanol–water partition coefficient (Wildman–Crippen LogP) is 4.38. The Hall–Kier alpha value is -2.44. The third kappa shape index (κ3) is 3.97. The molecule has 0 aliphatic heterocycles. The molecule has 3 N–H and O–H groups in total. The molecule has 4 nitrogen and oxygen atoms in total. The van der Waals surface area contributed by atoms with Crippen LogP contribution in [0.5, 0.6) is 0 Å². The zero-order valence-electron chi connectivity index (χ0n) is 13.7. The number of rotatable bonds is 5. The van der Waals surface area contributed by atoms with Crippen molar-refractivity contribution < 1.29 is 9.00 Å². The van der Waals surface area contributed by atoms with E-state index in [9.17, 15) is 9.00 Å². The highest BCUT2D eigenvalue weighted by Crippen LogP contribution is 2.30. The number of hydrogen-bond donors (Lipinski definition) is 2. The van der Waals surface area contributed by atoms with E-state index in [1.807, 2.05) is 36.6 Å². The average Bonchev–Trinajstić information content (AvgIpc) is 3.17. The molecule has 0 saturated heterocycles. The SMILES string of the molecule is CCS(=O)c1ccc(C(=O)Nc2cc(-c3cccs3)ccc2N)cc1. The number of amides is 1. The fourth-order valence-electron chi connectivity index (χ4n) is 2.38. The Morgan fingerprint density at radius 2 is 1.92 bits per heavy atom. The van der Waals surface area contributed by atoms with E-state index in [4.69, 9.17) is 5.73 Å². The molecular formula is C19H18N2O2S2. The first-order valence-electron chi connectivity index (χ1n) is 7.81. The van der Waals surface area contributed by atoms with Gasteiger partial charge in [-0.2, -0.15) is 0 Å². The quantitative estimate of drug-likeness (QED) is 0.655. The summed E-state index contributed by atoms with van der Waals surface area (Å²) in [6.07, 6.45) is 0. The number of nitrogens with two attached hydrogens (primary N) is 1. The number of carbonyl (C=O) groups is 1. The largest absolute Gasteiger partial charge is 0.397 e. The molecule has 1 heterocycles. The molecule has 1 amide bonds. The maximum atomic E-state index is 12.5. The Morgan fingerprint density at radius 3 is 2.56 bits per heavy atom. The lowest BCUT2D eigenvalue weighted by Crippen LogP contribution is -2.13. The van der Waals surface area contributed by atoms with Crippen molar-refractivity contribution in [2.75, 3.05) is 16.8 Å². The van der Waals surface area contributed by atoms with Gasteiger partial charge in [0.2, 0.25) is 0 Å². The van der Waals surface area contributed by atoms with Gasteiger partial charge in [-0.15, -0.1) is 11.3 Å². The van der Waals surface area contributed by atoms with Gasteiger partial charge in [-0.25, -0.2) is 0 Å². The Morgan fingerprint density at radius 1 is 1.16 bits per heavy atom. The molecule has 3 rings (SSSR count). The van der Waals surface area contributed by atoms with Gasteiger partial charge in [0.05, 0.1) is 22.2 Å². The summed E-state index contributed by atoms with van der Waals surface area (Å²) in [6.45, 7) is 1.86. The van der Waals surface area contributed by atoms with Crippen LogP contribution < -0.4 is 11.1 Å². The van der Waals surface area contributed by atoms with Crippen LogP contribution in [0, 0.1) is 0 Å². The Labute approximate surface area is 153 Å². The van der Waals surface area contributed by atoms with E-state index in [1.165, 1.54) is 0 Å². The molecule has 1 aromatic heterocycles. The maximum absolute atomic E-state index is 12.5. The molecule has 2 aromatic carbocycles. The number of hydrogen-bond acceptors (Lipinski definition) is 4. The second kappa shape index (κ2) is 7.63. The normalized spacial score (nSPS) is 11.9. The van der Waals surface area contributed by atoms with E-state index in [2.05, 4.69) is 5.32 Å². The minimum atomic E-state index is -1.02. The molecule has 128 valence electrons. The van der Waals surface area contributed by atoms with Crippen LogP contribution in [0.4, 0.5) is 11.4 Å². The number of nitrogen functional groups attached to an aromatic ring is 1. The summed E-state index contributed by atoms with van der Waals surface area (Å²) in [5.41, 5.74) is 8.60. The van der Waals surface area contributed by atoms with Crippen LogP contribution in [0.15, 0.2) is 64.9 Å². The van der Waals surface area contributed by atoms with Crippen molar-refractivity contribution in [3.63, 3.8) is 0 Å². The number of carbonyl (C=O) groups excluding carboxylic acids is 1. The van der Waals surface area contributed by atoms with Crippen molar-refractivity contribution in [3.8, 4) is 10.4 Å². The van der Waals surface area contributed by atoms with E-state index in [0.29, 0.717) is 22.7 Å². The monoisotopic (exact) mass is 370 g/mol. The van der Waals surface area contributed by atoms with Crippen molar-refractivity contribution in [2.45, 2.75) is 11.8 Å². The zero-order chi connectivity index (χ0) is 17.8. The summed E-state index contributed by atoms with van der Waals surface area (Å²) in [4.78, 5) is 14.3. The molecule has 0 saturated carbocycles. The molecule has 1 atom stereocenters. The summed E-state index contributed by atoms with van der Waals surface area (Å²) in [5, 5.41) is 4.86. The summed E-state index contributed by atoms with van der Waals surface area (Å²) < 4.78 is 11.8. The van der Waals surface area contributed by atoms with Gasteiger partial charge in [0.15, 0.2) is 0 Å². The highest BCUT2D eigenvalue weighted by Gasteiger charge is 2.11. The van der Waals surface area contributed by atoms with Gasteiger partial charge >= 0.3 is 0 Å². The molecule has 0 aliphatic carbocycles. The van der Waals surface area contributed by atoms with Crippen LogP contribution in [0.25, 0.3) is 10.4 Å². The van der Waals surface area contributed by atoms with Gasteiger partial charge in [0.25, 0.3) is 5.91 Å². The van der Waals surface area contributed by atoms with Crippen LogP contribution in [-0.4, -0.2) is 15.9 Å². The molecular weight excluding hydrogens is 352 g/mol. The van der Waals surface area contributed by atoms with E-state index >= 15 is 0 Å². The van der Waals surface area contributed by atoms with E-state index in [1.54, 1.807) is 41.7 Å². The van der Waals surface area contributed by atoms with Crippen LogP contribution >= 0.6 is 11.3 Å². The molecule has 0 fully saturated rings. The van der Waals surface area contributed by atoms with Crippen LogP contribution in [0.3, 0.4) is 0 Å². The van der Waals surface area contributed by atoms with E-state index in [-0.39, 0.29) is 5.91 Å². The Bertz CT molecular complexity index is 904. The summed E-state index contributed by atoms with van der Waals surface area (Å²) >= 11 is 1.63. The molecule has 1 unspecified atom stereocenters. The topological polar surface area (TPSA) is 72.2 Å². The fourth-order valence-corrected chi connectivity index (χ4v) is 3.88. The summed E-state index contributed by atoms with van der Waals surface area (Å²) in [5.74, 6) is 0.307. The van der Waals surface area contributed by atoms with Crippen molar-refractivity contribution in [2.24, 2.45) is 0 Å². The molecule has 3 aromatic rings. The Balaban J connectivity index is 1.81. The van der Waals surface area contributed by atoms with E-state index in [0.717, 1.165) is 15.3 Å². The molecule has 0 bridgehead atoms. The highest BCUT2D eigenvalue weighted by atomic mass is 32.2. The third-order valence-electron chi connectivity index (χ3n) is 3.75. The van der Waals surface area contributed by atoms with Crippen molar-refractivity contribution in [1.82, 2.24) is 0 Å². The first-order valence-corrected chi connectivity index (χ1v) is 10.0. The molecule has 0 spiro atoms. The van der Waals surface area contributed by atoms with Gasteiger partial charge in [0, 0.05) is 21.1 Å². The standard InChI is InChI=1S/C19H18N2O2S2/c1-2-25(23)15-8-5-13(6-9-15)19(22)21-17-12-14(7-10-16(17)20)18-4-3-11-24-18/h3-12H,2,20H2,1H3,(H,21,22). The molecule has 25 heavy (non-hydrogen) atoms. The minimum absolute atomic E-state index is 0.246. The predicted molar refractivity (Wildman–Crippen MR) is 106 cm³/mol. The van der Waals surface area contributed by atoms with Gasteiger partial charge in [-0.1, -0.05) is 19.1 Å². The summed E-state index contributed by atoms with van der Waals surface area (Å²) in [7, 11) is -1.02. The van der Waals surface area contributed by atoms with Crippen LogP contribution in [0.2, 0.25) is 0 Å². The Kier molecular flexibility index (Phi) is 5.31. The lowest BCUT2D eigenvalue weighted by molar-refractivity contribution is 0.102. The third-order valence-corrected chi connectivity index (χ3v) is 5.99. The summed E-state index contributed by atoms with van der Waals surface area (Å²) in [6, 6.07) is 16.4. The molecule has 6 heteroatoms. The van der Waals surface area contributed by atoms with Gasteiger partial charge in [-0.3, -0.25) is 9.00 Å². The van der Waals surface area contributed by atoms with Gasteiger partial charge in [0.1, 0.15) is 0 Å². The smallest absolute Gasteiger partial charge is 0.255 e. The number of thiophene rings is 1. The fraction of sp³-hybridized carbons (Fsp3) is 0.105. The first kappa shape index (κ1) is 17.4. The lowest BCUT2D eigenvalue weighted by atomic mass is 10.1. The van der Waals surface area contributed by atoms with E-state index < -0.39 is 10.8 Å². The number of nitrogens with one attached hydrogen (secondary N) is 1. The number of benzene rings is 2. The second-order valence-electron chi connectivity index (χ2n) is 5.39. The first-order chi connectivity index (χ1) is 12.1. The zero-order valence-corrected chi connectivity index (χ0v) is 15.3. The van der Waals surface area contributed by atoms with Crippen molar-refractivity contribution in [3.05, 3.63) is 65.5 Å². The van der Waals surface area contributed by atoms with Gasteiger partial charge in [-0.05, 0) is 53.4 Å². The number of anilines is 2. The maximum Gasteiger partial charge on any atom is 0.255 e. The molecule has 0 radical (unpaired) electrons. The van der Waals surface area contributed by atoms with Gasteiger partial charge < -0.3 is 11.1 Å². The van der Waals surface area contributed by atoms with Crippen LogP contribution in [-0.2, 0) is 10.8 Å². The van der Waals surface area contributed by atoms with Crippen LogP contribution in [0.1, 0.15) is 17.3 Å². The minimum Gasteiger partial charge on any atom is -0.397 e.